The van der Waals surface area contributed by atoms with E-state index >= 15 is 0 Å². The molecule has 0 radical (unpaired) electrons. The Hall–Kier alpha value is -4.60. The van der Waals surface area contributed by atoms with Gasteiger partial charge in [0.25, 0.3) is 5.91 Å². The third-order valence-electron chi connectivity index (χ3n) is 8.98. The molecular formula is C42H54N4O5. The van der Waals surface area contributed by atoms with Gasteiger partial charge in [-0.05, 0) is 65.6 Å². The molecule has 0 bridgehead atoms. The Kier molecular flexibility index (Phi) is 14.7. The number of ether oxygens (including phenoxy) is 1. The van der Waals surface area contributed by atoms with Crippen LogP contribution in [0.3, 0.4) is 0 Å². The highest BCUT2D eigenvalue weighted by Gasteiger charge is 2.27. The number of carbonyl (C=O) groups excluding carboxylic acids is 1. The molecule has 3 aromatic carbocycles. The summed E-state index contributed by atoms with van der Waals surface area (Å²) in [6, 6.07) is 21.2. The van der Waals surface area contributed by atoms with E-state index in [0.717, 1.165) is 46.6 Å². The summed E-state index contributed by atoms with van der Waals surface area (Å²) in [5.41, 5.74) is 5.06. The van der Waals surface area contributed by atoms with E-state index in [0.29, 0.717) is 24.2 Å². The second kappa shape index (κ2) is 19.1. The average Bonchev–Trinajstić information content (AvgIpc) is 3.13. The number of aliphatic hydroxyl groups is 1. The molecule has 1 heterocycles. The van der Waals surface area contributed by atoms with Crippen LogP contribution in [-0.2, 0) is 16.6 Å². The Morgan fingerprint density at radius 3 is 2.00 bits per heavy atom. The Morgan fingerprint density at radius 1 is 0.784 bits per heavy atom. The number of unbranched alkanes of at least 4 members (excludes halogenated alkanes) is 4. The molecular weight excluding hydrogens is 640 g/mol. The van der Waals surface area contributed by atoms with Crippen molar-refractivity contribution in [2.75, 3.05) is 6.61 Å². The molecule has 0 saturated carbocycles. The summed E-state index contributed by atoms with van der Waals surface area (Å²) in [6.45, 7) is 11.1. The molecule has 4 rings (SSSR count). The van der Waals surface area contributed by atoms with Gasteiger partial charge in [-0.15, -0.1) is 0 Å². The van der Waals surface area contributed by atoms with E-state index in [-0.39, 0.29) is 17.7 Å². The minimum Gasteiger partial charge on any atom is -0.494 e. The van der Waals surface area contributed by atoms with Crippen molar-refractivity contribution in [1.82, 2.24) is 20.6 Å². The largest absolute Gasteiger partial charge is 0.494 e. The van der Waals surface area contributed by atoms with Crippen LogP contribution in [0.4, 0.5) is 0 Å². The number of nitrogens with one attached hydrogen (secondary N) is 2. The first-order valence-electron chi connectivity index (χ1n) is 18.2. The number of carboxylic acids is 1. The molecule has 0 aliphatic carbocycles. The molecule has 0 saturated heterocycles. The maximum Gasteiger partial charge on any atom is 0.320 e. The summed E-state index contributed by atoms with van der Waals surface area (Å²) in [5.74, 6) is 0.0224. The lowest BCUT2D eigenvalue weighted by molar-refractivity contribution is -0.140. The number of aliphatic hydroxyl groups excluding tert-OH is 1. The Bertz CT molecular complexity index is 1650. The van der Waals surface area contributed by atoms with Gasteiger partial charge in [0.05, 0.1) is 12.6 Å². The van der Waals surface area contributed by atoms with Crippen molar-refractivity contribution in [2.24, 2.45) is 0 Å². The summed E-state index contributed by atoms with van der Waals surface area (Å²) in [6.07, 6.45) is 9.55. The first-order valence-corrected chi connectivity index (χ1v) is 18.2. The smallest absolute Gasteiger partial charge is 0.320 e. The number of amides is 1. The number of benzene rings is 3. The topological polar surface area (TPSA) is 134 Å². The van der Waals surface area contributed by atoms with Gasteiger partial charge in [0.1, 0.15) is 18.0 Å². The summed E-state index contributed by atoms with van der Waals surface area (Å²) in [7, 11) is 0. The molecule has 0 spiro atoms. The number of carboxylic acid groups (broad SMARTS) is 1. The number of nitrogens with zero attached hydrogens (tertiary/aromatic N) is 2. The minimum atomic E-state index is -1.30. The van der Waals surface area contributed by atoms with Crippen molar-refractivity contribution in [1.29, 1.82) is 0 Å². The van der Waals surface area contributed by atoms with Gasteiger partial charge in [-0.3, -0.25) is 14.9 Å². The standard InChI is InChI=1S/C42H54N4O5/c1-6-8-9-10-11-25-51-35-23-19-30(20-24-35)33-27-43-38(44-28-33)31-15-13-29(14-16-31)26-37(40(48)45-36(12-7-2)41(49)50)46-39(47)32-17-21-34(22-18-32)42(3,4)5/h13-24,27-28,36-37,40,45,48H,6-12,25-26H2,1-5H3,(H,46,47)(H,49,50)/t36?,37-,40?/m0/s1. The molecule has 2 unspecified atom stereocenters. The fraction of sp³-hybridized carbons (Fsp3) is 0.429. The van der Waals surface area contributed by atoms with Crippen molar-refractivity contribution in [3.8, 4) is 28.3 Å². The van der Waals surface area contributed by atoms with E-state index in [1.165, 1.54) is 25.7 Å². The Morgan fingerprint density at radius 2 is 1.41 bits per heavy atom. The summed E-state index contributed by atoms with van der Waals surface area (Å²) < 4.78 is 5.90. The molecule has 3 atom stereocenters. The highest BCUT2D eigenvalue weighted by atomic mass is 16.5. The maximum absolute atomic E-state index is 13.3. The molecule has 1 aromatic heterocycles. The molecule has 0 fully saturated rings. The fourth-order valence-electron chi connectivity index (χ4n) is 5.81. The monoisotopic (exact) mass is 694 g/mol. The Balaban J connectivity index is 1.42. The van der Waals surface area contributed by atoms with Crippen molar-refractivity contribution in [2.45, 2.75) is 110 Å². The lowest BCUT2D eigenvalue weighted by Crippen LogP contribution is -2.55. The molecule has 9 heteroatoms. The maximum atomic E-state index is 13.3. The van der Waals surface area contributed by atoms with E-state index in [9.17, 15) is 19.8 Å². The van der Waals surface area contributed by atoms with Crippen LogP contribution in [-0.4, -0.2) is 57.0 Å². The van der Waals surface area contributed by atoms with Crippen molar-refractivity contribution in [3.05, 3.63) is 102 Å². The van der Waals surface area contributed by atoms with E-state index in [1.54, 1.807) is 24.5 Å². The zero-order valence-electron chi connectivity index (χ0n) is 30.7. The molecule has 272 valence electrons. The molecule has 1 amide bonds. The SMILES string of the molecule is CCCCCCCOc1ccc(-c2cnc(-c3ccc(C[C@H](NC(=O)c4ccc(C(C)(C)C)cc4)C(O)NC(CCC)C(=O)O)cc3)nc2)cc1. The highest BCUT2D eigenvalue weighted by Crippen LogP contribution is 2.25. The molecule has 51 heavy (non-hydrogen) atoms. The Labute approximate surface area is 302 Å². The number of rotatable bonds is 19. The number of hydrogen-bond acceptors (Lipinski definition) is 7. The predicted octanol–water partition coefficient (Wildman–Crippen LogP) is 7.96. The van der Waals surface area contributed by atoms with Gasteiger partial charge in [-0.2, -0.15) is 0 Å². The fourth-order valence-corrected chi connectivity index (χ4v) is 5.81. The summed E-state index contributed by atoms with van der Waals surface area (Å²) >= 11 is 0. The highest BCUT2D eigenvalue weighted by molar-refractivity contribution is 5.94. The quantitative estimate of drug-likeness (QED) is 0.0574. The van der Waals surface area contributed by atoms with Crippen LogP contribution in [0, 0.1) is 0 Å². The predicted molar refractivity (Wildman–Crippen MR) is 203 cm³/mol. The summed E-state index contributed by atoms with van der Waals surface area (Å²) in [5, 5.41) is 26.6. The lowest BCUT2D eigenvalue weighted by atomic mass is 9.86. The van der Waals surface area contributed by atoms with Crippen LogP contribution in [0.1, 0.15) is 101 Å². The van der Waals surface area contributed by atoms with Gasteiger partial charge >= 0.3 is 5.97 Å². The first-order chi connectivity index (χ1) is 24.5. The lowest BCUT2D eigenvalue weighted by Gasteiger charge is -2.28. The number of aromatic nitrogens is 2. The average molecular weight is 695 g/mol. The zero-order valence-corrected chi connectivity index (χ0v) is 30.7. The molecule has 4 N–H and O–H groups in total. The molecule has 4 aromatic rings. The number of carbonyl (C=O) groups is 2. The molecule has 0 aliphatic heterocycles. The zero-order chi connectivity index (χ0) is 36.8. The van der Waals surface area contributed by atoms with Crippen molar-refractivity contribution < 1.29 is 24.5 Å². The van der Waals surface area contributed by atoms with Gasteiger partial charge in [-0.25, -0.2) is 9.97 Å². The van der Waals surface area contributed by atoms with E-state index in [2.05, 4.69) is 48.3 Å². The van der Waals surface area contributed by atoms with Crippen LogP contribution >= 0.6 is 0 Å². The van der Waals surface area contributed by atoms with Gasteiger partial charge < -0.3 is 20.3 Å². The second-order valence-corrected chi connectivity index (χ2v) is 14.2. The van der Waals surface area contributed by atoms with Gasteiger partial charge in [0, 0.05) is 29.1 Å². The van der Waals surface area contributed by atoms with Crippen LogP contribution in [0.15, 0.2) is 85.2 Å². The number of aliphatic carboxylic acids is 1. The normalized spacial score (nSPS) is 13.3. The molecule has 9 nitrogen and oxygen atoms in total. The van der Waals surface area contributed by atoms with E-state index < -0.39 is 24.3 Å². The summed E-state index contributed by atoms with van der Waals surface area (Å²) in [4.78, 5) is 34.4. The van der Waals surface area contributed by atoms with Crippen molar-refractivity contribution in [3.63, 3.8) is 0 Å². The minimum absolute atomic E-state index is 0.0588. The third kappa shape index (κ3) is 12.0. The van der Waals surface area contributed by atoms with Crippen molar-refractivity contribution >= 4 is 11.9 Å². The third-order valence-corrected chi connectivity index (χ3v) is 8.98. The van der Waals surface area contributed by atoms with E-state index in [1.807, 2.05) is 67.6 Å². The van der Waals surface area contributed by atoms with Crippen LogP contribution < -0.4 is 15.4 Å². The number of hydrogen-bond donors (Lipinski definition) is 4. The van der Waals surface area contributed by atoms with Crippen LogP contribution in [0.25, 0.3) is 22.5 Å². The van der Waals surface area contributed by atoms with E-state index in [4.69, 9.17) is 4.74 Å². The van der Waals surface area contributed by atoms with Gasteiger partial charge in [-0.1, -0.05) is 115 Å². The van der Waals surface area contributed by atoms with Crippen LogP contribution in [0.5, 0.6) is 5.75 Å². The van der Waals surface area contributed by atoms with Gasteiger partial charge in [0.15, 0.2) is 5.82 Å². The second-order valence-electron chi connectivity index (χ2n) is 14.2. The first kappa shape index (κ1) is 39.2. The van der Waals surface area contributed by atoms with Crippen LogP contribution in [0.2, 0.25) is 0 Å². The van der Waals surface area contributed by atoms with Gasteiger partial charge in [0.2, 0.25) is 0 Å². The molecule has 0 aliphatic rings.